The number of amides is 2. The molecule has 0 bridgehead atoms. The van der Waals surface area contributed by atoms with Crippen LogP contribution in [0, 0.1) is 11.3 Å². The van der Waals surface area contributed by atoms with Crippen LogP contribution in [0.5, 0.6) is 0 Å². The van der Waals surface area contributed by atoms with Gasteiger partial charge in [0.1, 0.15) is 0 Å². The van der Waals surface area contributed by atoms with Gasteiger partial charge in [0.05, 0.1) is 39.6 Å². The van der Waals surface area contributed by atoms with Crippen molar-refractivity contribution in [3.8, 4) is 0 Å². The molecule has 0 N–H and O–H groups in total. The van der Waals surface area contributed by atoms with Crippen LogP contribution in [0.4, 0.5) is 0 Å². The highest BCUT2D eigenvalue weighted by Crippen LogP contribution is 2.52. The van der Waals surface area contributed by atoms with Gasteiger partial charge in [0.15, 0.2) is 6.61 Å². The normalized spacial score (nSPS) is 22.4. The Morgan fingerprint density at radius 3 is 2.63 bits per heavy atom. The monoisotopic (exact) mass is 396 g/mol. The topological polar surface area (TPSA) is 111 Å². The molecule has 0 saturated heterocycles. The van der Waals surface area contributed by atoms with Crippen LogP contribution in [0.25, 0.3) is 0 Å². The van der Waals surface area contributed by atoms with Crippen LogP contribution in [0.1, 0.15) is 32.9 Å². The van der Waals surface area contributed by atoms with Gasteiger partial charge in [-0.3, -0.25) is 19.1 Å². The van der Waals surface area contributed by atoms with E-state index in [2.05, 4.69) is 9.46 Å². The van der Waals surface area contributed by atoms with E-state index in [9.17, 15) is 18.6 Å². The third-order valence-electron chi connectivity index (χ3n) is 5.07. The van der Waals surface area contributed by atoms with E-state index in [0.29, 0.717) is 23.7 Å². The molecule has 1 fully saturated rings. The van der Waals surface area contributed by atoms with Gasteiger partial charge in [-0.1, -0.05) is 13.8 Å². The summed E-state index contributed by atoms with van der Waals surface area (Å²) in [7, 11) is -2.97. The zero-order valence-electron chi connectivity index (χ0n) is 15.9. The highest BCUT2D eigenvalue weighted by atomic mass is 32.2. The van der Waals surface area contributed by atoms with Crippen LogP contribution in [0.2, 0.25) is 0 Å². The number of aromatic nitrogens is 2. The highest BCUT2D eigenvalue weighted by Gasteiger charge is 2.51. The second-order valence-electron chi connectivity index (χ2n) is 7.75. The van der Waals surface area contributed by atoms with Crippen molar-refractivity contribution in [2.24, 2.45) is 15.7 Å². The predicted molar refractivity (Wildman–Crippen MR) is 95.9 cm³/mol. The number of hydrogen-bond acceptors (Lipinski definition) is 6. The van der Waals surface area contributed by atoms with Crippen molar-refractivity contribution in [3.63, 3.8) is 0 Å². The lowest BCUT2D eigenvalue weighted by Crippen LogP contribution is -2.41. The predicted octanol–water partition coefficient (Wildman–Crippen LogP) is 0.818. The van der Waals surface area contributed by atoms with Crippen LogP contribution in [0.3, 0.4) is 0 Å². The third kappa shape index (κ3) is 4.05. The molecule has 0 aromatic carbocycles. The third-order valence-corrected chi connectivity index (χ3v) is 6.75. The molecule has 1 saturated carbocycles. The maximum Gasteiger partial charge on any atom is 0.303 e. The number of carbonyl (C=O) groups excluding carboxylic acids is 3. The fourth-order valence-electron chi connectivity index (χ4n) is 3.18. The Bertz CT molecular complexity index is 926. The molecule has 2 amide bonds. The molecule has 0 spiro atoms. The number of rotatable bonds is 4. The van der Waals surface area contributed by atoms with Crippen LogP contribution >= 0.6 is 0 Å². The fourth-order valence-corrected chi connectivity index (χ4v) is 4.60. The van der Waals surface area contributed by atoms with Crippen LogP contribution < -0.4 is 0 Å². The number of hydrogen-bond donors (Lipinski definition) is 0. The van der Waals surface area contributed by atoms with Crippen molar-refractivity contribution in [3.05, 3.63) is 11.9 Å². The number of nitrogens with zero attached hydrogens (tertiary/aromatic N) is 4. The summed E-state index contributed by atoms with van der Waals surface area (Å²) in [6.45, 7) is 5.89. The molecule has 2 heterocycles. The van der Waals surface area contributed by atoms with Gasteiger partial charge in [0.2, 0.25) is 0 Å². The molecule has 148 valence electrons. The maximum absolute atomic E-state index is 13.2. The molecule has 1 aliphatic heterocycles. The SMILES string of the molecule is CC(=O)OCC(=O)N1CCn2ncc(S(C)(=O)=NC(=O)C3CC3(C)C)c2C1. The van der Waals surface area contributed by atoms with E-state index < -0.39 is 15.7 Å². The molecule has 3 rings (SSSR count). The second kappa shape index (κ2) is 6.74. The fraction of sp³-hybridized carbons (Fsp3) is 0.647. The molecule has 1 aromatic heterocycles. The van der Waals surface area contributed by atoms with Crippen LogP contribution in [-0.4, -0.2) is 56.1 Å². The zero-order valence-corrected chi connectivity index (χ0v) is 16.7. The van der Waals surface area contributed by atoms with Gasteiger partial charge < -0.3 is 9.64 Å². The van der Waals surface area contributed by atoms with Gasteiger partial charge in [-0.05, 0) is 11.8 Å². The molecule has 27 heavy (non-hydrogen) atoms. The van der Waals surface area contributed by atoms with E-state index in [-0.39, 0.29) is 36.3 Å². The lowest BCUT2D eigenvalue weighted by Gasteiger charge is -2.28. The first kappa shape index (κ1) is 19.5. The summed E-state index contributed by atoms with van der Waals surface area (Å²) >= 11 is 0. The Kier molecular flexibility index (Phi) is 4.87. The Morgan fingerprint density at radius 1 is 1.37 bits per heavy atom. The van der Waals surface area contributed by atoms with E-state index in [4.69, 9.17) is 4.74 Å². The highest BCUT2D eigenvalue weighted by molar-refractivity contribution is 7.93. The van der Waals surface area contributed by atoms with Crippen molar-refractivity contribution in [2.75, 3.05) is 19.4 Å². The minimum absolute atomic E-state index is 0.0888. The summed E-state index contributed by atoms with van der Waals surface area (Å²) in [6, 6.07) is 0. The molecule has 2 atom stereocenters. The Balaban J connectivity index is 1.81. The number of fused-ring (bicyclic) bond motifs is 1. The lowest BCUT2D eigenvalue weighted by molar-refractivity contribution is -0.150. The minimum atomic E-state index is -2.97. The van der Waals surface area contributed by atoms with Crippen molar-refractivity contribution in [1.82, 2.24) is 14.7 Å². The Morgan fingerprint density at radius 2 is 2.04 bits per heavy atom. The van der Waals surface area contributed by atoms with Crippen molar-refractivity contribution >= 4 is 27.5 Å². The average molecular weight is 396 g/mol. The summed E-state index contributed by atoms with van der Waals surface area (Å²) in [5.74, 6) is -1.39. The molecule has 9 nitrogen and oxygen atoms in total. The number of carbonyl (C=O) groups is 3. The van der Waals surface area contributed by atoms with Gasteiger partial charge >= 0.3 is 5.97 Å². The van der Waals surface area contributed by atoms with E-state index in [1.807, 2.05) is 13.8 Å². The molecular weight excluding hydrogens is 372 g/mol. The van der Waals surface area contributed by atoms with Crippen molar-refractivity contribution < 1.29 is 23.3 Å². The zero-order chi connectivity index (χ0) is 20.0. The van der Waals surface area contributed by atoms with E-state index >= 15 is 0 Å². The van der Waals surface area contributed by atoms with Gasteiger partial charge in [-0.15, -0.1) is 0 Å². The van der Waals surface area contributed by atoms with E-state index in [0.717, 1.165) is 6.42 Å². The molecule has 0 radical (unpaired) electrons. The summed E-state index contributed by atoms with van der Waals surface area (Å²) in [5.41, 5.74) is 0.505. The average Bonchev–Trinajstić information content (AvgIpc) is 3.02. The van der Waals surface area contributed by atoms with Crippen molar-refractivity contribution in [1.29, 1.82) is 0 Å². The smallest absolute Gasteiger partial charge is 0.303 e. The van der Waals surface area contributed by atoms with Crippen LogP contribution in [-0.2, 0) is 41.9 Å². The van der Waals surface area contributed by atoms with E-state index in [1.165, 1.54) is 24.3 Å². The van der Waals surface area contributed by atoms with Gasteiger partial charge in [0, 0.05) is 25.6 Å². The maximum atomic E-state index is 13.2. The first-order valence-electron chi connectivity index (χ1n) is 8.73. The summed E-state index contributed by atoms with van der Waals surface area (Å²) in [5, 5.41) is 4.23. The molecule has 1 aliphatic carbocycles. The van der Waals surface area contributed by atoms with Crippen LogP contribution in [0.15, 0.2) is 15.5 Å². The lowest BCUT2D eigenvalue weighted by atomic mass is 10.1. The van der Waals surface area contributed by atoms with Gasteiger partial charge in [0.25, 0.3) is 11.8 Å². The molecule has 2 aliphatic rings. The molecular formula is C17H24N4O5S. The molecule has 2 unspecified atom stereocenters. The first-order valence-corrected chi connectivity index (χ1v) is 10.7. The van der Waals surface area contributed by atoms with Crippen molar-refractivity contribution in [2.45, 2.75) is 45.2 Å². The minimum Gasteiger partial charge on any atom is -0.456 e. The van der Waals surface area contributed by atoms with E-state index in [1.54, 1.807) is 4.68 Å². The quantitative estimate of drug-likeness (QED) is 0.697. The summed E-state index contributed by atoms with van der Waals surface area (Å²) < 4.78 is 23.6. The Hall–Kier alpha value is -2.23. The van der Waals surface area contributed by atoms with Gasteiger partial charge in [-0.25, -0.2) is 4.21 Å². The molecule has 10 heteroatoms. The standard InChI is InChI=1S/C17H24N4O5S/c1-11(22)26-10-15(23)20-5-6-21-13(9-20)14(8-18-21)27(4,25)19-16(24)12-7-17(12,2)3/h8,12H,5-7,9-10H2,1-4H3. The first-order chi connectivity index (χ1) is 12.5. The summed E-state index contributed by atoms with van der Waals surface area (Å²) in [4.78, 5) is 37.3. The summed E-state index contributed by atoms with van der Waals surface area (Å²) in [6.07, 6.45) is 3.64. The largest absolute Gasteiger partial charge is 0.456 e. The number of ether oxygens (including phenoxy) is 1. The molecule has 1 aromatic rings. The Labute approximate surface area is 158 Å². The number of esters is 1. The van der Waals surface area contributed by atoms with Gasteiger partial charge in [-0.2, -0.15) is 9.46 Å². The second-order valence-corrected chi connectivity index (χ2v) is 9.98.